The lowest BCUT2D eigenvalue weighted by atomic mass is 10.2. The molecule has 0 saturated carbocycles. The molecule has 0 heterocycles. The van der Waals surface area contributed by atoms with Gasteiger partial charge in [0, 0.05) is 11.5 Å². The molecule has 0 bridgehead atoms. The highest BCUT2D eigenvalue weighted by Crippen LogP contribution is 1.93. The molecule has 0 aliphatic heterocycles. The van der Waals surface area contributed by atoms with Crippen molar-refractivity contribution in [2.75, 3.05) is 6.54 Å². The predicted molar refractivity (Wildman–Crippen MR) is 33.4 cm³/mol. The first-order valence-corrected chi connectivity index (χ1v) is 2.42. The van der Waals surface area contributed by atoms with Crippen LogP contribution in [0.4, 0.5) is 0 Å². The molecule has 0 aliphatic rings. The lowest BCUT2D eigenvalue weighted by molar-refractivity contribution is 0.944. The van der Waals surface area contributed by atoms with Crippen LogP contribution in [0.1, 0.15) is 13.3 Å². The van der Waals surface area contributed by atoms with Crippen molar-refractivity contribution in [2.45, 2.75) is 13.3 Å². The van der Waals surface area contributed by atoms with Crippen LogP contribution in [-0.2, 0) is 0 Å². The topological polar surface area (TPSA) is 48.8 Å². The van der Waals surface area contributed by atoms with E-state index in [1.165, 1.54) is 0 Å². The normalized spacial score (nSPS) is 7.62. The standard InChI is InChI=1S/C5H9N3/c1-5(2)3-4-7-8-6/h1,3-4H2,2H3. The summed E-state index contributed by atoms with van der Waals surface area (Å²) in [4.78, 5) is 2.59. The van der Waals surface area contributed by atoms with E-state index in [1.807, 2.05) is 6.92 Å². The van der Waals surface area contributed by atoms with Crippen LogP contribution in [0.3, 0.4) is 0 Å². The maximum Gasteiger partial charge on any atom is 0.0294 e. The van der Waals surface area contributed by atoms with Gasteiger partial charge in [0.05, 0.1) is 0 Å². The van der Waals surface area contributed by atoms with Gasteiger partial charge < -0.3 is 0 Å². The van der Waals surface area contributed by atoms with E-state index < -0.39 is 0 Å². The Labute approximate surface area is 48.6 Å². The lowest BCUT2D eigenvalue weighted by Gasteiger charge is -1.87. The molecular formula is C5H9N3. The molecular weight excluding hydrogens is 102 g/mol. The summed E-state index contributed by atoms with van der Waals surface area (Å²) in [7, 11) is 0. The van der Waals surface area contributed by atoms with Crippen LogP contribution in [0, 0.1) is 0 Å². The number of hydrogen-bond acceptors (Lipinski definition) is 1. The highest BCUT2D eigenvalue weighted by atomic mass is 15.1. The van der Waals surface area contributed by atoms with Gasteiger partial charge >= 0.3 is 0 Å². The fourth-order valence-electron chi connectivity index (χ4n) is 0.286. The molecule has 0 fully saturated rings. The van der Waals surface area contributed by atoms with Crippen molar-refractivity contribution in [3.63, 3.8) is 0 Å². The van der Waals surface area contributed by atoms with Crippen molar-refractivity contribution in [1.29, 1.82) is 0 Å². The molecule has 0 saturated heterocycles. The third-order valence-electron chi connectivity index (χ3n) is 0.702. The number of rotatable bonds is 3. The van der Waals surface area contributed by atoms with E-state index in [0.717, 1.165) is 12.0 Å². The summed E-state index contributed by atoms with van der Waals surface area (Å²) in [5.74, 6) is 0. The first-order valence-electron chi connectivity index (χ1n) is 2.42. The maximum atomic E-state index is 7.81. The maximum absolute atomic E-state index is 7.81. The molecule has 0 aromatic carbocycles. The van der Waals surface area contributed by atoms with E-state index in [2.05, 4.69) is 16.6 Å². The summed E-state index contributed by atoms with van der Waals surface area (Å²) in [6.45, 7) is 6.09. The van der Waals surface area contributed by atoms with Crippen LogP contribution >= 0.6 is 0 Å². The van der Waals surface area contributed by atoms with Crippen LogP contribution in [0.25, 0.3) is 10.4 Å². The predicted octanol–water partition coefficient (Wildman–Crippen LogP) is 2.26. The summed E-state index contributed by atoms with van der Waals surface area (Å²) in [6, 6.07) is 0. The Morgan fingerprint density at radius 3 is 2.88 bits per heavy atom. The van der Waals surface area contributed by atoms with Crippen molar-refractivity contribution in [2.24, 2.45) is 5.11 Å². The Kier molecular flexibility index (Phi) is 3.71. The highest BCUT2D eigenvalue weighted by Gasteiger charge is 1.80. The summed E-state index contributed by atoms with van der Waals surface area (Å²) >= 11 is 0. The zero-order chi connectivity index (χ0) is 6.41. The lowest BCUT2D eigenvalue weighted by Crippen LogP contribution is -1.77. The minimum Gasteiger partial charge on any atom is -0.100 e. The first-order chi connectivity index (χ1) is 3.77. The molecule has 0 unspecified atom stereocenters. The molecule has 0 spiro atoms. The second kappa shape index (κ2) is 4.22. The van der Waals surface area contributed by atoms with Gasteiger partial charge in [0.1, 0.15) is 0 Å². The van der Waals surface area contributed by atoms with Crippen LogP contribution in [0.2, 0.25) is 0 Å². The SMILES string of the molecule is C=C(C)CCN=[N+]=[N-]. The average molecular weight is 111 g/mol. The second-order valence-electron chi connectivity index (χ2n) is 1.66. The van der Waals surface area contributed by atoms with Gasteiger partial charge in [-0.1, -0.05) is 10.7 Å². The zero-order valence-electron chi connectivity index (χ0n) is 4.96. The Balaban J connectivity index is 3.18. The van der Waals surface area contributed by atoms with E-state index in [0.29, 0.717) is 6.54 Å². The Hall–Kier alpha value is -0.950. The Morgan fingerprint density at radius 2 is 2.50 bits per heavy atom. The molecule has 8 heavy (non-hydrogen) atoms. The minimum atomic E-state index is 0.534. The largest absolute Gasteiger partial charge is 0.100 e. The molecule has 44 valence electrons. The van der Waals surface area contributed by atoms with Gasteiger partial charge in [-0.25, -0.2) is 0 Å². The molecule has 0 aromatic heterocycles. The second-order valence-corrected chi connectivity index (χ2v) is 1.66. The summed E-state index contributed by atoms with van der Waals surface area (Å²) in [5.41, 5.74) is 8.86. The molecule has 0 rings (SSSR count). The third-order valence-corrected chi connectivity index (χ3v) is 0.702. The third kappa shape index (κ3) is 5.05. The van der Waals surface area contributed by atoms with E-state index in [1.54, 1.807) is 0 Å². The monoisotopic (exact) mass is 111 g/mol. The average Bonchev–Trinajstić information content (AvgIpc) is 1.66. The van der Waals surface area contributed by atoms with Crippen molar-refractivity contribution >= 4 is 0 Å². The molecule has 3 heteroatoms. The Bertz CT molecular complexity index is 120. The van der Waals surface area contributed by atoms with Gasteiger partial charge in [0.25, 0.3) is 0 Å². The van der Waals surface area contributed by atoms with Crippen molar-refractivity contribution in [1.82, 2.24) is 0 Å². The first kappa shape index (κ1) is 7.05. The number of azide groups is 1. The van der Waals surface area contributed by atoms with Gasteiger partial charge in [0.15, 0.2) is 0 Å². The van der Waals surface area contributed by atoms with Gasteiger partial charge in [-0.15, -0.1) is 6.58 Å². The number of nitrogens with zero attached hydrogens (tertiary/aromatic N) is 3. The van der Waals surface area contributed by atoms with E-state index in [4.69, 9.17) is 5.53 Å². The van der Waals surface area contributed by atoms with Crippen molar-refractivity contribution in [3.05, 3.63) is 22.6 Å². The van der Waals surface area contributed by atoms with E-state index in [9.17, 15) is 0 Å². The van der Waals surface area contributed by atoms with E-state index in [-0.39, 0.29) is 0 Å². The molecule has 0 amide bonds. The molecule has 0 N–H and O–H groups in total. The minimum absolute atomic E-state index is 0.534. The van der Waals surface area contributed by atoms with Crippen LogP contribution in [0.15, 0.2) is 17.3 Å². The van der Waals surface area contributed by atoms with Crippen molar-refractivity contribution in [3.8, 4) is 0 Å². The van der Waals surface area contributed by atoms with E-state index >= 15 is 0 Å². The molecule has 0 atom stereocenters. The Morgan fingerprint density at radius 1 is 1.88 bits per heavy atom. The van der Waals surface area contributed by atoms with Gasteiger partial charge in [-0.3, -0.25) is 0 Å². The highest BCUT2D eigenvalue weighted by molar-refractivity contribution is 4.88. The molecule has 0 radical (unpaired) electrons. The van der Waals surface area contributed by atoms with Crippen molar-refractivity contribution < 1.29 is 0 Å². The summed E-state index contributed by atoms with van der Waals surface area (Å²) < 4.78 is 0. The van der Waals surface area contributed by atoms with Gasteiger partial charge in [-0.05, 0) is 18.9 Å². The van der Waals surface area contributed by atoms with Gasteiger partial charge in [-0.2, -0.15) is 0 Å². The van der Waals surface area contributed by atoms with Crippen LogP contribution < -0.4 is 0 Å². The summed E-state index contributed by atoms with van der Waals surface area (Å²) in [6.07, 6.45) is 0.796. The molecule has 0 aromatic rings. The summed E-state index contributed by atoms with van der Waals surface area (Å²) in [5, 5.41) is 3.33. The molecule has 0 aliphatic carbocycles. The molecule has 3 nitrogen and oxygen atoms in total. The quantitative estimate of drug-likeness (QED) is 0.232. The number of hydrogen-bond donors (Lipinski definition) is 0. The van der Waals surface area contributed by atoms with Crippen LogP contribution in [-0.4, -0.2) is 6.54 Å². The fraction of sp³-hybridized carbons (Fsp3) is 0.600. The van der Waals surface area contributed by atoms with Gasteiger partial charge in [0.2, 0.25) is 0 Å². The van der Waals surface area contributed by atoms with Crippen LogP contribution in [0.5, 0.6) is 0 Å². The zero-order valence-corrected chi connectivity index (χ0v) is 4.96. The fourth-order valence-corrected chi connectivity index (χ4v) is 0.286. The smallest absolute Gasteiger partial charge is 0.0294 e.